The largest absolute Gasteiger partial charge is 0.497 e. The van der Waals surface area contributed by atoms with E-state index in [-0.39, 0.29) is 30.4 Å². The number of benzene rings is 2. The highest BCUT2D eigenvalue weighted by Gasteiger charge is 2.54. The lowest BCUT2D eigenvalue weighted by molar-refractivity contribution is -0.128. The first-order valence-electron chi connectivity index (χ1n) is 13.3. The summed E-state index contributed by atoms with van der Waals surface area (Å²) in [5.74, 6) is 0.0405. The van der Waals surface area contributed by atoms with Crippen molar-refractivity contribution in [3.63, 3.8) is 0 Å². The number of carbonyl (C=O) groups is 3. The standard InChI is InChI=1S/C29H35N3O6/c1-20-6-3-7-21(16-20)28(35)32-25(26(33)30-18-24-10-5-15-37-24)19-38-29(32)11-13-31(14-12-29)27(34)22-8-4-9-23(17-22)36-2/h3-4,6-9,16-17,24-25H,5,10-15,18-19H2,1-2H3,(H,30,33)/t24-,25-/m0/s1. The van der Waals surface area contributed by atoms with E-state index in [0.717, 1.165) is 18.4 Å². The molecule has 2 aromatic carbocycles. The molecule has 5 rings (SSSR count). The summed E-state index contributed by atoms with van der Waals surface area (Å²) in [6, 6.07) is 13.7. The molecule has 0 bridgehead atoms. The number of nitrogens with one attached hydrogen (secondary N) is 1. The monoisotopic (exact) mass is 521 g/mol. The molecule has 1 N–H and O–H groups in total. The summed E-state index contributed by atoms with van der Waals surface area (Å²) >= 11 is 0. The lowest BCUT2D eigenvalue weighted by Gasteiger charge is -2.44. The first kappa shape index (κ1) is 26.2. The van der Waals surface area contributed by atoms with E-state index in [0.29, 0.717) is 56.0 Å². The number of aryl methyl sites for hydroxylation is 1. The molecule has 2 aromatic rings. The molecule has 3 aliphatic heterocycles. The van der Waals surface area contributed by atoms with Gasteiger partial charge in [0, 0.05) is 50.2 Å². The molecular formula is C29H35N3O6. The molecule has 1 spiro atoms. The van der Waals surface area contributed by atoms with Crippen molar-refractivity contribution in [1.29, 1.82) is 0 Å². The number of rotatable bonds is 6. The summed E-state index contributed by atoms with van der Waals surface area (Å²) in [7, 11) is 1.57. The number of hydrogen-bond donors (Lipinski definition) is 1. The number of hydrogen-bond acceptors (Lipinski definition) is 6. The van der Waals surface area contributed by atoms with Gasteiger partial charge in [0.05, 0.1) is 19.8 Å². The Kier molecular flexibility index (Phi) is 7.67. The molecule has 0 aromatic heterocycles. The van der Waals surface area contributed by atoms with Gasteiger partial charge in [0.2, 0.25) is 5.91 Å². The Balaban J connectivity index is 1.34. The summed E-state index contributed by atoms with van der Waals surface area (Å²) in [5.41, 5.74) is 1.06. The van der Waals surface area contributed by atoms with Crippen LogP contribution in [-0.4, -0.2) is 85.3 Å². The molecule has 9 nitrogen and oxygen atoms in total. The van der Waals surface area contributed by atoms with Gasteiger partial charge in [-0.15, -0.1) is 0 Å². The average Bonchev–Trinajstić information content (AvgIpc) is 3.60. The zero-order chi connectivity index (χ0) is 26.7. The summed E-state index contributed by atoms with van der Waals surface area (Å²) < 4.78 is 17.2. The van der Waals surface area contributed by atoms with Gasteiger partial charge in [0.15, 0.2) is 0 Å². The number of likely N-dealkylation sites (tertiary alicyclic amines) is 1. The number of methoxy groups -OCH3 is 1. The quantitative estimate of drug-likeness (QED) is 0.628. The minimum atomic E-state index is -0.960. The van der Waals surface area contributed by atoms with Crippen molar-refractivity contribution in [1.82, 2.24) is 15.1 Å². The molecule has 3 fully saturated rings. The van der Waals surface area contributed by atoms with Gasteiger partial charge < -0.3 is 24.4 Å². The summed E-state index contributed by atoms with van der Waals surface area (Å²) in [6.07, 6.45) is 2.72. The molecule has 3 saturated heterocycles. The lowest BCUT2D eigenvalue weighted by atomic mass is 9.95. The third-order valence-electron chi connectivity index (χ3n) is 7.72. The van der Waals surface area contributed by atoms with Crippen molar-refractivity contribution >= 4 is 17.7 Å². The van der Waals surface area contributed by atoms with Crippen molar-refractivity contribution in [2.24, 2.45) is 0 Å². The predicted molar refractivity (Wildman–Crippen MR) is 140 cm³/mol. The van der Waals surface area contributed by atoms with Crippen LogP contribution in [0.1, 0.15) is 52.0 Å². The van der Waals surface area contributed by atoms with E-state index in [1.165, 1.54) is 0 Å². The summed E-state index contributed by atoms with van der Waals surface area (Å²) in [5, 5.41) is 2.98. The summed E-state index contributed by atoms with van der Waals surface area (Å²) in [4.78, 5) is 43.8. The van der Waals surface area contributed by atoms with Crippen LogP contribution in [0.2, 0.25) is 0 Å². The number of carbonyl (C=O) groups excluding carboxylic acids is 3. The molecular weight excluding hydrogens is 486 g/mol. The van der Waals surface area contributed by atoms with Gasteiger partial charge in [-0.05, 0) is 50.1 Å². The second-order valence-electron chi connectivity index (χ2n) is 10.2. The predicted octanol–water partition coefficient (Wildman–Crippen LogP) is 2.77. The molecule has 202 valence electrons. The Hall–Kier alpha value is -3.43. The van der Waals surface area contributed by atoms with Crippen LogP contribution in [0.25, 0.3) is 0 Å². The van der Waals surface area contributed by atoms with Crippen LogP contribution in [0, 0.1) is 6.92 Å². The second-order valence-corrected chi connectivity index (χ2v) is 10.2. The van der Waals surface area contributed by atoms with E-state index in [1.807, 2.05) is 25.1 Å². The molecule has 0 saturated carbocycles. The maximum Gasteiger partial charge on any atom is 0.256 e. The van der Waals surface area contributed by atoms with E-state index in [1.54, 1.807) is 47.2 Å². The number of ether oxygens (including phenoxy) is 3. The van der Waals surface area contributed by atoms with Crippen molar-refractivity contribution in [2.45, 2.75) is 50.5 Å². The number of nitrogens with zero attached hydrogens (tertiary/aromatic N) is 2. The maximum atomic E-state index is 13.9. The molecule has 0 aliphatic carbocycles. The minimum Gasteiger partial charge on any atom is -0.497 e. The Morgan fingerprint density at radius 2 is 1.79 bits per heavy atom. The fourth-order valence-corrected chi connectivity index (χ4v) is 5.62. The van der Waals surface area contributed by atoms with Gasteiger partial charge >= 0.3 is 0 Å². The van der Waals surface area contributed by atoms with Crippen LogP contribution in [0.3, 0.4) is 0 Å². The normalized spacial score (nSPS) is 22.5. The molecule has 0 unspecified atom stereocenters. The highest BCUT2D eigenvalue weighted by Crippen LogP contribution is 2.39. The molecule has 38 heavy (non-hydrogen) atoms. The lowest BCUT2D eigenvalue weighted by Crippen LogP contribution is -2.60. The molecule has 3 heterocycles. The van der Waals surface area contributed by atoms with Crippen molar-refractivity contribution in [2.75, 3.05) is 40.0 Å². The van der Waals surface area contributed by atoms with E-state index in [4.69, 9.17) is 14.2 Å². The second kappa shape index (κ2) is 11.1. The van der Waals surface area contributed by atoms with Gasteiger partial charge in [-0.1, -0.05) is 23.8 Å². The van der Waals surface area contributed by atoms with E-state index < -0.39 is 11.8 Å². The van der Waals surface area contributed by atoms with Crippen LogP contribution < -0.4 is 10.1 Å². The van der Waals surface area contributed by atoms with Gasteiger partial charge in [0.1, 0.15) is 17.5 Å². The topological polar surface area (TPSA) is 97.4 Å². The highest BCUT2D eigenvalue weighted by molar-refractivity contribution is 5.99. The van der Waals surface area contributed by atoms with Crippen molar-refractivity contribution in [3.8, 4) is 5.75 Å². The molecule has 2 atom stereocenters. The Bertz CT molecular complexity index is 1190. The van der Waals surface area contributed by atoms with E-state index >= 15 is 0 Å². The Morgan fingerprint density at radius 3 is 2.47 bits per heavy atom. The molecule has 0 radical (unpaired) electrons. The third kappa shape index (κ3) is 5.26. The van der Waals surface area contributed by atoms with Crippen LogP contribution in [0.5, 0.6) is 5.75 Å². The van der Waals surface area contributed by atoms with Crippen LogP contribution in [0.15, 0.2) is 48.5 Å². The van der Waals surface area contributed by atoms with Gasteiger partial charge in [-0.2, -0.15) is 0 Å². The fourth-order valence-electron chi connectivity index (χ4n) is 5.62. The third-order valence-corrected chi connectivity index (χ3v) is 7.72. The summed E-state index contributed by atoms with van der Waals surface area (Å²) in [6.45, 7) is 3.97. The Labute approximate surface area is 223 Å². The number of amides is 3. The highest BCUT2D eigenvalue weighted by atomic mass is 16.5. The minimum absolute atomic E-state index is 0.00187. The smallest absolute Gasteiger partial charge is 0.256 e. The zero-order valence-electron chi connectivity index (χ0n) is 22.0. The SMILES string of the molecule is COc1cccc(C(=O)N2CCC3(CC2)OC[C@@H](C(=O)NC[C@@H]2CCCO2)N3C(=O)c2cccc(C)c2)c1. The first-order valence-corrected chi connectivity index (χ1v) is 13.3. The van der Waals surface area contributed by atoms with Crippen LogP contribution in [0.4, 0.5) is 0 Å². The molecule has 9 heteroatoms. The van der Waals surface area contributed by atoms with Gasteiger partial charge in [-0.25, -0.2) is 0 Å². The Morgan fingerprint density at radius 1 is 1.05 bits per heavy atom. The van der Waals surface area contributed by atoms with Crippen LogP contribution in [-0.2, 0) is 14.3 Å². The van der Waals surface area contributed by atoms with Crippen LogP contribution >= 0.6 is 0 Å². The van der Waals surface area contributed by atoms with Gasteiger partial charge in [-0.3, -0.25) is 19.3 Å². The van der Waals surface area contributed by atoms with E-state index in [2.05, 4.69) is 5.32 Å². The molecule has 3 amide bonds. The fraction of sp³-hybridized carbons (Fsp3) is 0.483. The van der Waals surface area contributed by atoms with E-state index in [9.17, 15) is 14.4 Å². The zero-order valence-corrected chi connectivity index (χ0v) is 22.0. The van der Waals surface area contributed by atoms with Gasteiger partial charge in [0.25, 0.3) is 11.8 Å². The first-order chi connectivity index (χ1) is 18.4. The van der Waals surface area contributed by atoms with Crippen molar-refractivity contribution in [3.05, 3.63) is 65.2 Å². The molecule has 3 aliphatic rings. The number of piperidine rings is 1. The average molecular weight is 522 g/mol. The maximum absolute atomic E-state index is 13.9. The van der Waals surface area contributed by atoms with Crippen molar-refractivity contribution < 1.29 is 28.6 Å².